The van der Waals surface area contributed by atoms with Gasteiger partial charge < -0.3 is 10.4 Å². The minimum atomic E-state index is -0.916. The molecule has 1 heterocycles. The third kappa shape index (κ3) is 3.79. The molecule has 2 aromatic rings. The van der Waals surface area contributed by atoms with E-state index in [1.807, 2.05) is 55.6 Å². The number of allylic oxidation sites excluding steroid dienone is 2. The SMILES string of the molecule is CC(NC(=O)[C@@H]1CC=CC[C@@H]1C(=O)O)c1ccc(-n2cccn2)cc1. The van der Waals surface area contributed by atoms with Crippen molar-refractivity contribution in [2.75, 3.05) is 0 Å². The molecule has 0 bridgehead atoms. The van der Waals surface area contributed by atoms with Gasteiger partial charge in [-0.25, -0.2) is 4.68 Å². The zero-order chi connectivity index (χ0) is 17.8. The highest BCUT2D eigenvalue weighted by Gasteiger charge is 2.34. The van der Waals surface area contributed by atoms with Gasteiger partial charge in [0.2, 0.25) is 5.91 Å². The molecule has 6 nitrogen and oxygen atoms in total. The van der Waals surface area contributed by atoms with Crippen molar-refractivity contribution in [3.05, 3.63) is 60.4 Å². The lowest BCUT2D eigenvalue weighted by atomic mass is 9.82. The summed E-state index contributed by atoms with van der Waals surface area (Å²) in [5.41, 5.74) is 1.90. The summed E-state index contributed by atoms with van der Waals surface area (Å²) in [6.07, 6.45) is 8.17. The predicted molar refractivity (Wildman–Crippen MR) is 93.1 cm³/mol. The van der Waals surface area contributed by atoms with Gasteiger partial charge in [0.05, 0.1) is 23.6 Å². The Labute approximate surface area is 146 Å². The Balaban J connectivity index is 1.67. The molecule has 0 saturated heterocycles. The van der Waals surface area contributed by atoms with Gasteiger partial charge in [0.25, 0.3) is 0 Å². The number of hydrogen-bond acceptors (Lipinski definition) is 3. The van der Waals surface area contributed by atoms with Crippen LogP contribution in [-0.2, 0) is 9.59 Å². The number of aromatic nitrogens is 2. The van der Waals surface area contributed by atoms with Gasteiger partial charge in [-0.3, -0.25) is 9.59 Å². The number of carbonyl (C=O) groups is 2. The summed E-state index contributed by atoms with van der Waals surface area (Å²) in [6.45, 7) is 1.90. The molecule has 0 saturated carbocycles. The van der Waals surface area contributed by atoms with Crippen LogP contribution in [-0.4, -0.2) is 26.8 Å². The molecule has 1 amide bonds. The number of aliphatic carboxylic acids is 1. The maximum atomic E-state index is 12.5. The van der Waals surface area contributed by atoms with Crippen LogP contribution in [0.4, 0.5) is 0 Å². The molecule has 1 aliphatic carbocycles. The Morgan fingerprint density at radius 1 is 1.20 bits per heavy atom. The largest absolute Gasteiger partial charge is 0.481 e. The fourth-order valence-electron chi connectivity index (χ4n) is 3.12. The lowest BCUT2D eigenvalue weighted by molar-refractivity contribution is -0.147. The van der Waals surface area contributed by atoms with E-state index in [1.165, 1.54) is 0 Å². The van der Waals surface area contributed by atoms with Crippen LogP contribution in [0.1, 0.15) is 31.4 Å². The van der Waals surface area contributed by atoms with Gasteiger partial charge in [0, 0.05) is 12.4 Å². The average Bonchev–Trinajstić information content (AvgIpc) is 3.16. The number of benzene rings is 1. The first-order valence-corrected chi connectivity index (χ1v) is 8.34. The van der Waals surface area contributed by atoms with Crippen LogP contribution < -0.4 is 5.32 Å². The van der Waals surface area contributed by atoms with E-state index in [2.05, 4.69) is 10.4 Å². The maximum Gasteiger partial charge on any atom is 0.307 e. The molecule has 2 N–H and O–H groups in total. The standard InChI is InChI=1S/C19H21N3O3/c1-13(14-7-9-15(10-8-14)22-12-4-11-20-22)21-18(23)16-5-2-3-6-17(16)19(24)25/h2-4,7-13,16-17H,5-6H2,1H3,(H,21,23)(H,24,25)/t13?,16-,17+/m1/s1. The van der Waals surface area contributed by atoms with E-state index in [1.54, 1.807) is 10.9 Å². The first kappa shape index (κ1) is 17.0. The second-order valence-corrected chi connectivity index (χ2v) is 6.27. The van der Waals surface area contributed by atoms with Crippen molar-refractivity contribution in [1.29, 1.82) is 0 Å². The third-order valence-electron chi connectivity index (χ3n) is 4.61. The lowest BCUT2D eigenvalue weighted by Crippen LogP contribution is -2.39. The third-order valence-corrected chi connectivity index (χ3v) is 4.61. The van der Waals surface area contributed by atoms with Crippen molar-refractivity contribution >= 4 is 11.9 Å². The van der Waals surface area contributed by atoms with Crippen LogP contribution in [0, 0.1) is 11.8 Å². The summed E-state index contributed by atoms with van der Waals surface area (Å²) in [7, 11) is 0. The van der Waals surface area contributed by atoms with Crippen LogP contribution in [0.3, 0.4) is 0 Å². The monoisotopic (exact) mass is 339 g/mol. The molecule has 0 spiro atoms. The minimum Gasteiger partial charge on any atom is -0.481 e. The average molecular weight is 339 g/mol. The normalized spacial score (nSPS) is 20.8. The summed E-state index contributed by atoms with van der Waals surface area (Å²) in [5.74, 6) is -2.30. The first-order chi connectivity index (χ1) is 12.1. The molecule has 0 radical (unpaired) electrons. The second kappa shape index (κ2) is 7.34. The van der Waals surface area contributed by atoms with Crippen LogP contribution in [0.2, 0.25) is 0 Å². The van der Waals surface area contributed by atoms with Crippen LogP contribution in [0.15, 0.2) is 54.9 Å². The zero-order valence-corrected chi connectivity index (χ0v) is 14.0. The van der Waals surface area contributed by atoms with Gasteiger partial charge in [-0.05, 0) is 43.5 Å². The number of hydrogen-bond donors (Lipinski definition) is 2. The highest BCUT2D eigenvalue weighted by Crippen LogP contribution is 2.27. The number of carbonyl (C=O) groups excluding carboxylic acids is 1. The van der Waals surface area contributed by atoms with Crippen molar-refractivity contribution in [2.24, 2.45) is 11.8 Å². The van der Waals surface area contributed by atoms with Crippen LogP contribution in [0.5, 0.6) is 0 Å². The van der Waals surface area contributed by atoms with E-state index < -0.39 is 17.8 Å². The summed E-state index contributed by atoms with van der Waals surface area (Å²) in [6, 6.07) is 9.42. The quantitative estimate of drug-likeness (QED) is 0.820. The Hall–Kier alpha value is -2.89. The summed E-state index contributed by atoms with van der Waals surface area (Å²) in [4.78, 5) is 23.9. The van der Waals surface area contributed by atoms with Gasteiger partial charge in [-0.2, -0.15) is 5.10 Å². The number of carboxylic acids is 1. The summed E-state index contributed by atoms with van der Waals surface area (Å²) >= 11 is 0. The van der Waals surface area contributed by atoms with Crippen LogP contribution >= 0.6 is 0 Å². The molecule has 130 valence electrons. The second-order valence-electron chi connectivity index (χ2n) is 6.27. The fourth-order valence-corrected chi connectivity index (χ4v) is 3.12. The van der Waals surface area contributed by atoms with Crippen molar-refractivity contribution in [3.63, 3.8) is 0 Å². The topological polar surface area (TPSA) is 84.2 Å². The molecule has 25 heavy (non-hydrogen) atoms. The number of amides is 1. The van der Waals surface area contributed by atoms with Gasteiger partial charge in [-0.15, -0.1) is 0 Å². The summed E-state index contributed by atoms with van der Waals surface area (Å²) < 4.78 is 1.76. The number of nitrogens with zero attached hydrogens (tertiary/aromatic N) is 2. The predicted octanol–water partition coefficient (Wildman–Crippen LogP) is 2.72. The molecule has 3 rings (SSSR count). The molecule has 3 atom stereocenters. The zero-order valence-electron chi connectivity index (χ0n) is 14.0. The Bertz CT molecular complexity index is 766. The molecule has 1 aromatic heterocycles. The molecule has 6 heteroatoms. The van der Waals surface area contributed by atoms with E-state index in [4.69, 9.17) is 0 Å². The van der Waals surface area contributed by atoms with Crippen molar-refractivity contribution < 1.29 is 14.7 Å². The lowest BCUT2D eigenvalue weighted by Gasteiger charge is -2.26. The van der Waals surface area contributed by atoms with Crippen molar-refractivity contribution in [2.45, 2.75) is 25.8 Å². The first-order valence-electron chi connectivity index (χ1n) is 8.34. The van der Waals surface area contributed by atoms with E-state index in [9.17, 15) is 14.7 Å². The Kier molecular flexibility index (Phi) is 4.97. The minimum absolute atomic E-state index is 0.195. The molecular weight excluding hydrogens is 318 g/mol. The van der Waals surface area contributed by atoms with Crippen molar-refractivity contribution in [1.82, 2.24) is 15.1 Å². The van der Waals surface area contributed by atoms with Gasteiger partial charge in [0.15, 0.2) is 0 Å². The highest BCUT2D eigenvalue weighted by molar-refractivity contribution is 5.85. The van der Waals surface area contributed by atoms with Crippen molar-refractivity contribution in [3.8, 4) is 5.69 Å². The molecule has 0 aliphatic heterocycles. The fraction of sp³-hybridized carbons (Fsp3) is 0.316. The van der Waals surface area contributed by atoms with Crippen LogP contribution in [0.25, 0.3) is 5.69 Å². The van der Waals surface area contributed by atoms with E-state index in [-0.39, 0.29) is 11.9 Å². The van der Waals surface area contributed by atoms with Gasteiger partial charge in [0.1, 0.15) is 0 Å². The molecular formula is C19H21N3O3. The molecule has 1 unspecified atom stereocenters. The maximum absolute atomic E-state index is 12.5. The van der Waals surface area contributed by atoms with E-state index in [0.29, 0.717) is 12.8 Å². The number of rotatable bonds is 5. The molecule has 0 fully saturated rings. The highest BCUT2D eigenvalue weighted by atomic mass is 16.4. The van der Waals surface area contributed by atoms with Gasteiger partial charge in [-0.1, -0.05) is 24.3 Å². The molecule has 1 aromatic carbocycles. The Morgan fingerprint density at radius 2 is 1.88 bits per heavy atom. The molecule has 1 aliphatic rings. The number of nitrogens with one attached hydrogen (secondary N) is 1. The van der Waals surface area contributed by atoms with E-state index >= 15 is 0 Å². The smallest absolute Gasteiger partial charge is 0.307 e. The van der Waals surface area contributed by atoms with Gasteiger partial charge >= 0.3 is 5.97 Å². The summed E-state index contributed by atoms with van der Waals surface area (Å²) in [5, 5.41) is 16.4. The number of carboxylic acid groups (broad SMARTS) is 1. The van der Waals surface area contributed by atoms with E-state index in [0.717, 1.165) is 11.3 Å². The Morgan fingerprint density at radius 3 is 2.48 bits per heavy atom.